The summed E-state index contributed by atoms with van der Waals surface area (Å²) in [6.45, 7) is 0.0913. The van der Waals surface area contributed by atoms with Gasteiger partial charge in [0.15, 0.2) is 11.5 Å². The highest BCUT2D eigenvalue weighted by molar-refractivity contribution is 5.90. The third-order valence-corrected chi connectivity index (χ3v) is 2.64. The van der Waals surface area contributed by atoms with E-state index in [0.29, 0.717) is 11.5 Å². The summed E-state index contributed by atoms with van der Waals surface area (Å²) >= 11 is 0. The van der Waals surface area contributed by atoms with E-state index in [-0.39, 0.29) is 13.0 Å². The molecule has 0 fully saturated rings. The van der Waals surface area contributed by atoms with E-state index in [0.717, 1.165) is 0 Å². The summed E-state index contributed by atoms with van der Waals surface area (Å²) in [6, 6.07) is 6.88. The van der Waals surface area contributed by atoms with Crippen LogP contribution in [-0.2, 0) is 9.59 Å². The largest absolute Gasteiger partial charge is 0.549 e. The van der Waals surface area contributed by atoms with Crippen molar-refractivity contribution in [2.45, 2.75) is 12.5 Å². The number of hydrogen-bond donors (Lipinski definition) is 0. The minimum absolute atomic E-state index is 0.0913. The van der Waals surface area contributed by atoms with E-state index in [2.05, 4.69) is 0 Å². The molecule has 1 aliphatic heterocycles. The Balaban J connectivity index is 2.05. The molecule has 0 saturated heterocycles. The number of carbonyl (C=O) groups excluding carboxylic acids is 2. The molecule has 0 amide bonds. The molecule has 1 atom stereocenters. The van der Waals surface area contributed by atoms with Gasteiger partial charge in [0.1, 0.15) is 12.7 Å². The average molecular weight is 250 g/mol. The molecule has 1 aromatic rings. The SMILES string of the molecule is O=C([O-])C(C[C@H]1COc2ccccc2O1)C(=O)[O-]. The first-order chi connectivity index (χ1) is 8.58. The first kappa shape index (κ1) is 12.2. The van der Waals surface area contributed by atoms with Crippen LogP contribution in [0.4, 0.5) is 0 Å². The maximum atomic E-state index is 10.6. The van der Waals surface area contributed by atoms with Gasteiger partial charge >= 0.3 is 0 Å². The number of carboxylic acids is 2. The molecule has 6 nitrogen and oxygen atoms in total. The minimum Gasteiger partial charge on any atom is -0.549 e. The molecule has 0 radical (unpaired) electrons. The van der Waals surface area contributed by atoms with Crippen molar-refractivity contribution in [1.29, 1.82) is 0 Å². The molecule has 0 aromatic heterocycles. The van der Waals surface area contributed by atoms with Gasteiger partial charge < -0.3 is 29.3 Å². The van der Waals surface area contributed by atoms with Crippen molar-refractivity contribution in [3.05, 3.63) is 24.3 Å². The molecular formula is C12H10O6-2. The molecule has 0 saturated carbocycles. The second kappa shape index (κ2) is 4.95. The zero-order valence-electron chi connectivity index (χ0n) is 9.33. The molecule has 0 N–H and O–H groups in total. The number of aliphatic carboxylic acids is 2. The summed E-state index contributed by atoms with van der Waals surface area (Å²) in [5.41, 5.74) is 0. The monoisotopic (exact) mass is 250 g/mol. The summed E-state index contributed by atoms with van der Waals surface area (Å²) in [6.07, 6.45) is -0.903. The van der Waals surface area contributed by atoms with E-state index in [1.807, 2.05) is 0 Å². The van der Waals surface area contributed by atoms with Gasteiger partial charge in [0.25, 0.3) is 0 Å². The lowest BCUT2D eigenvalue weighted by Gasteiger charge is -2.29. The van der Waals surface area contributed by atoms with Crippen LogP contribution >= 0.6 is 0 Å². The molecule has 2 rings (SSSR count). The van der Waals surface area contributed by atoms with Gasteiger partial charge in [-0.1, -0.05) is 12.1 Å². The van der Waals surface area contributed by atoms with Crippen LogP contribution in [0.5, 0.6) is 11.5 Å². The summed E-state index contributed by atoms with van der Waals surface area (Å²) in [5, 5.41) is 21.3. The van der Waals surface area contributed by atoms with E-state index in [4.69, 9.17) is 9.47 Å². The number of benzene rings is 1. The Kier molecular flexibility index (Phi) is 3.36. The summed E-state index contributed by atoms with van der Waals surface area (Å²) < 4.78 is 10.8. The van der Waals surface area contributed by atoms with Crippen LogP contribution in [0.25, 0.3) is 0 Å². The van der Waals surface area contributed by atoms with Gasteiger partial charge in [-0.15, -0.1) is 0 Å². The Morgan fingerprint density at radius 3 is 2.44 bits per heavy atom. The van der Waals surface area contributed by atoms with E-state index >= 15 is 0 Å². The number of fused-ring (bicyclic) bond motifs is 1. The third kappa shape index (κ3) is 2.53. The fraction of sp³-hybridized carbons (Fsp3) is 0.333. The number of hydrogen-bond acceptors (Lipinski definition) is 6. The van der Waals surface area contributed by atoms with Gasteiger partial charge in [0.05, 0.1) is 11.9 Å². The Morgan fingerprint density at radius 2 is 1.83 bits per heavy atom. The van der Waals surface area contributed by atoms with E-state index < -0.39 is 24.0 Å². The van der Waals surface area contributed by atoms with Crippen molar-refractivity contribution in [2.24, 2.45) is 5.92 Å². The van der Waals surface area contributed by atoms with E-state index in [1.54, 1.807) is 24.3 Å². The summed E-state index contributed by atoms with van der Waals surface area (Å²) in [7, 11) is 0. The van der Waals surface area contributed by atoms with Gasteiger partial charge in [-0.05, 0) is 12.1 Å². The lowest BCUT2D eigenvalue weighted by molar-refractivity contribution is -0.332. The predicted molar refractivity (Wildman–Crippen MR) is 54.5 cm³/mol. The van der Waals surface area contributed by atoms with Crippen LogP contribution in [0.3, 0.4) is 0 Å². The normalized spacial score (nSPS) is 17.5. The molecule has 1 aliphatic rings. The van der Waals surface area contributed by atoms with Crippen molar-refractivity contribution < 1.29 is 29.3 Å². The molecular weight excluding hydrogens is 240 g/mol. The zero-order valence-corrected chi connectivity index (χ0v) is 9.33. The lowest BCUT2D eigenvalue weighted by atomic mass is 10.0. The summed E-state index contributed by atoms with van der Waals surface area (Å²) in [4.78, 5) is 21.3. The number of para-hydroxylation sites is 2. The third-order valence-electron chi connectivity index (χ3n) is 2.64. The molecule has 96 valence electrons. The van der Waals surface area contributed by atoms with Crippen molar-refractivity contribution in [3.63, 3.8) is 0 Å². The minimum atomic E-state index is -1.70. The number of carbonyl (C=O) groups is 2. The van der Waals surface area contributed by atoms with Gasteiger partial charge in [0.2, 0.25) is 0 Å². The molecule has 18 heavy (non-hydrogen) atoms. The Bertz CT molecular complexity index is 455. The van der Waals surface area contributed by atoms with Crippen LogP contribution in [0.15, 0.2) is 24.3 Å². The number of carboxylic acid groups (broad SMARTS) is 2. The summed E-state index contributed by atoms with van der Waals surface area (Å²) in [5.74, 6) is -4.06. The maximum Gasteiger partial charge on any atom is 0.161 e. The van der Waals surface area contributed by atoms with Crippen molar-refractivity contribution in [1.82, 2.24) is 0 Å². The smallest absolute Gasteiger partial charge is 0.161 e. The highest BCUT2D eigenvalue weighted by Crippen LogP contribution is 2.32. The fourth-order valence-electron chi connectivity index (χ4n) is 1.73. The van der Waals surface area contributed by atoms with Crippen molar-refractivity contribution in [2.75, 3.05) is 6.61 Å². The van der Waals surface area contributed by atoms with E-state index in [1.165, 1.54) is 0 Å². The number of ether oxygens (including phenoxy) is 2. The first-order valence-corrected chi connectivity index (χ1v) is 5.38. The highest BCUT2D eigenvalue weighted by atomic mass is 16.6. The predicted octanol–water partition coefficient (Wildman–Crippen LogP) is -1.67. The van der Waals surface area contributed by atoms with Crippen LogP contribution in [-0.4, -0.2) is 24.6 Å². The second-order valence-electron chi connectivity index (χ2n) is 3.92. The second-order valence-corrected chi connectivity index (χ2v) is 3.92. The molecule has 0 aliphatic carbocycles. The molecule has 1 heterocycles. The van der Waals surface area contributed by atoms with Crippen LogP contribution in [0.1, 0.15) is 6.42 Å². The quantitative estimate of drug-likeness (QED) is 0.593. The molecule has 0 spiro atoms. The number of rotatable bonds is 4. The maximum absolute atomic E-state index is 10.6. The molecule has 6 heteroatoms. The Labute approximate surface area is 103 Å². The molecule has 0 bridgehead atoms. The highest BCUT2D eigenvalue weighted by Gasteiger charge is 2.25. The topological polar surface area (TPSA) is 98.7 Å². The van der Waals surface area contributed by atoms with Gasteiger partial charge in [-0.2, -0.15) is 0 Å². The van der Waals surface area contributed by atoms with Gasteiger partial charge in [-0.25, -0.2) is 0 Å². The Morgan fingerprint density at radius 1 is 1.22 bits per heavy atom. The van der Waals surface area contributed by atoms with Gasteiger partial charge in [-0.3, -0.25) is 0 Å². The Hall–Kier alpha value is -2.24. The molecule has 0 unspecified atom stereocenters. The van der Waals surface area contributed by atoms with Crippen molar-refractivity contribution in [3.8, 4) is 11.5 Å². The van der Waals surface area contributed by atoms with Crippen molar-refractivity contribution >= 4 is 11.9 Å². The lowest BCUT2D eigenvalue weighted by Crippen LogP contribution is -2.46. The van der Waals surface area contributed by atoms with Crippen LogP contribution in [0, 0.1) is 5.92 Å². The van der Waals surface area contributed by atoms with E-state index in [9.17, 15) is 19.8 Å². The zero-order chi connectivity index (χ0) is 13.1. The molecule has 1 aromatic carbocycles. The average Bonchev–Trinajstić information content (AvgIpc) is 2.35. The fourth-order valence-corrected chi connectivity index (χ4v) is 1.73. The first-order valence-electron chi connectivity index (χ1n) is 5.38. The standard InChI is InChI=1S/C12H12O6/c13-11(14)8(12(15)16)5-7-6-17-9-3-1-2-4-10(9)18-7/h1-4,7-8H,5-6H2,(H,13,14)(H,15,16)/p-2/t7-/m0/s1. The van der Waals surface area contributed by atoms with Crippen LogP contribution in [0.2, 0.25) is 0 Å². The van der Waals surface area contributed by atoms with Crippen LogP contribution < -0.4 is 19.7 Å². The van der Waals surface area contributed by atoms with Gasteiger partial charge in [0, 0.05) is 12.3 Å².